The van der Waals surface area contributed by atoms with Crippen LogP contribution in [0.5, 0.6) is 0 Å². The summed E-state index contributed by atoms with van der Waals surface area (Å²) in [5, 5.41) is 4.59. The number of hydrogen-bond acceptors (Lipinski definition) is 5. The number of thiophene rings is 1. The average Bonchev–Trinajstić information content (AvgIpc) is 3.00. The zero-order valence-corrected chi connectivity index (χ0v) is 14.4. The number of aromatic nitrogens is 2. The lowest BCUT2D eigenvalue weighted by Crippen LogP contribution is -2.25. The Labute approximate surface area is 141 Å². The predicted octanol–water partition coefficient (Wildman–Crippen LogP) is 3.80. The Hall–Kier alpha value is -1.98. The molecule has 0 saturated heterocycles. The molecule has 0 aliphatic carbocycles. The standard InChI is InChI=1S/C18H22N4S/c1-3-15-11-16-17(20-13-21-18(16)23-15)19-9-10-22(2)12-14-7-5-4-6-8-14/h4-8,11,13H,3,9-10,12H2,1-2H3,(H,19,20,21). The lowest BCUT2D eigenvalue weighted by Gasteiger charge is -2.17. The van der Waals surface area contributed by atoms with E-state index in [1.165, 1.54) is 10.4 Å². The van der Waals surface area contributed by atoms with E-state index < -0.39 is 0 Å². The highest BCUT2D eigenvalue weighted by Gasteiger charge is 2.08. The van der Waals surface area contributed by atoms with Crippen LogP contribution in [0.25, 0.3) is 10.2 Å². The van der Waals surface area contributed by atoms with Crippen molar-refractivity contribution in [3.8, 4) is 0 Å². The minimum absolute atomic E-state index is 0.868. The van der Waals surface area contributed by atoms with E-state index in [1.54, 1.807) is 17.7 Å². The molecule has 0 aliphatic rings. The Kier molecular flexibility index (Phi) is 5.20. The second kappa shape index (κ2) is 7.53. The summed E-state index contributed by atoms with van der Waals surface area (Å²) >= 11 is 1.75. The number of rotatable bonds is 7. The number of benzene rings is 1. The van der Waals surface area contributed by atoms with Crippen LogP contribution in [0.2, 0.25) is 0 Å². The average molecular weight is 326 g/mol. The van der Waals surface area contributed by atoms with Crippen molar-refractivity contribution in [3.05, 3.63) is 53.2 Å². The van der Waals surface area contributed by atoms with Gasteiger partial charge in [-0.2, -0.15) is 0 Å². The van der Waals surface area contributed by atoms with Gasteiger partial charge in [0.2, 0.25) is 0 Å². The SMILES string of the molecule is CCc1cc2c(NCCN(C)Cc3ccccc3)ncnc2s1. The van der Waals surface area contributed by atoms with E-state index in [1.807, 2.05) is 0 Å². The molecule has 0 radical (unpaired) electrons. The second-order valence-electron chi connectivity index (χ2n) is 5.66. The van der Waals surface area contributed by atoms with Crippen molar-refractivity contribution in [2.75, 3.05) is 25.5 Å². The fraction of sp³-hybridized carbons (Fsp3) is 0.333. The summed E-state index contributed by atoms with van der Waals surface area (Å²) in [5.41, 5.74) is 1.34. The molecule has 23 heavy (non-hydrogen) atoms. The van der Waals surface area contributed by atoms with Crippen LogP contribution in [0.4, 0.5) is 5.82 Å². The van der Waals surface area contributed by atoms with Crippen molar-refractivity contribution >= 4 is 27.4 Å². The maximum atomic E-state index is 4.40. The predicted molar refractivity (Wildman–Crippen MR) is 98.1 cm³/mol. The molecule has 2 aromatic heterocycles. The Morgan fingerprint density at radius 3 is 2.78 bits per heavy atom. The summed E-state index contributed by atoms with van der Waals surface area (Å²) in [6.07, 6.45) is 2.69. The minimum atomic E-state index is 0.868. The van der Waals surface area contributed by atoms with Crippen LogP contribution in [0.15, 0.2) is 42.7 Å². The molecule has 3 aromatic rings. The van der Waals surface area contributed by atoms with Gasteiger partial charge in [0.15, 0.2) is 0 Å². The number of fused-ring (bicyclic) bond motifs is 1. The molecular weight excluding hydrogens is 304 g/mol. The summed E-state index contributed by atoms with van der Waals surface area (Å²) in [5.74, 6) is 0.944. The third-order valence-corrected chi connectivity index (χ3v) is 5.00. The van der Waals surface area contributed by atoms with Gasteiger partial charge in [-0.1, -0.05) is 37.3 Å². The van der Waals surface area contributed by atoms with Crippen LogP contribution >= 0.6 is 11.3 Å². The molecule has 5 heteroatoms. The molecule has 4 nitrogen and oxygen atoms in total. The molecule has 0 saturated carbocycles. The third kappa shape index (κ3) is 4.06. The topological polar surface area (TPSA) is 41.0 Å². The maximum Gasteiger partial charge on any atom is 0.138 e. The van der Waals surface area contributed by atoms with E-state index in [2.05, 4.69) is 70.6 Å². The third-order valence-electron chi connectivity index (χ3n) is 3.81. The van der Waals surface area contributed by atoms with Crippen LogP contribution in [0.3, 0.4) is 0 Å². The van der Waals surface area contributed by atoms with Crippen LogP contribution < -0.4 is 5.32 Å². The summed E-state index contributed by atoms with van der Waals surface area (Å²) < 4.78 is 0. The smallest absolute Gasteiger partial charge is 0.138 e. The number of likely N-dealkylation sites (N-methyl/N-ethyl adjacent to an activating group) is 1. The molecule has 0 spiro atoms. The molecular formula is C18H22N4S. The Bertz CT molecular complexity index is 754. The van der Waals surface area contributed by atoms with Crippen LogP contribution in [-0.4, -0.2) is 35.0 Å². The number of nitrogens with zero attached hydrogens (tertiary/aromatic N) is 3. The van der Waals surface area contributed by atoms with Crippen molar-refractivity contribution in [1.82, 2.24) is 14.9 Å². The zero-order valence-electron chi connectivity index (χ0n) is 13.6. The normalized spacial score (nSPS) is 11.3. The van der Waals surface area contributed by atoms with Gasteiger partial charge in [0.25, 0.3) is 0 Å². The lowest BCUT2D eigenvalue weighted by molar-refractivity contribution is 0.340. The number of hydrogen-bond donors (Lipinski definition) is 1. The van der Waals surface area contributed by atoms with Gasteiger partial charge in [-0.3, -0.25) is 0 Å². The van der Waals surface area contributed by atoms with Crippen LogP contribution in [0.1, 0.15) is 17.4 Å². The lowest BCUT2D eigenvalue weighted by atomic mass is 10.2. The van der Waals surface area contributed by atoms with Gasteiger partial charge in [-0.15, -0.1) is 11.3 Å². The molecule has 0 unspecified atom stereocenters. The largest absolute Gasteiger partial charge is 0.368 e. The molecule has 0 amide bonds. The molecule has 0 atom stereocenters. The fourth-order valence-electron chi connectivity index (χ4n) is 2.56. The van der Waals surface area contributed by atoms with Gasteiger partial charge in [0, 0.05) is 24.5 Å². The van der Waals surface area contributed by atoms with Crippen molar-refractivity contribution < 1.29 is 0 Å². The molecule has 120 valence electrons. The van der Waals surface area contributed by atoms with Gasteiger partial charge >= 0.3 is 0 Å². The quantitative estimate of drug-likeness (QED) is 0.717. The highest BCUT2D eigenvalue weighted by Crippen LogP contribution is 2.28. The van der Waals surface area contributed by atoms with E-state index in [4.69, 9.17) is 0 Å². The second-order valence-corrected chi connectivity index (χ2v) is 6.77. The first-order valence-electron chi connectivity index (χ1n) is 7.96. The van der Waals surface area contributed by atoms with E-state index in [9.17, 15) is 0 Å². The van der Waals surface area contributed by atoms with Crippen molar-refractivity contribution in [2.24, 2.45) is 0 Å². The van der Waals surface area contributed by atoms with Crippen LogP contribution in [0, 0.1) is 0 Å². The van der Waals surface area contributed by atoms with Crippen molar-refractivity contribution in [2.45, 2.75) is 19.9 Å². The molecule has 3 rings (SSSR count). The highest BCUT2D eigenvalue weighted by atomic mass is 32.1. The first-order valence-corrected chi connectivity index (χ1v) is 8.77. The fourth-order valence-corrected chi connectivity index (χ4v) is 3.49. The first kappa shape index (κ1) is 15.9. The van der Waals surface area contributed by atoms with Crippen molar-refractivity contribution in [3.63, 3.8) is 0 Å². The van der Waals surface area contributed by atoms with E-state index in [0.29, 0.717) is 0 Å². The highest BCUT2D eigenvalue weighted by molar-refractivity contribution is 7.18. The summed E-state index contributed by atoms with van der Waals surface area (Å²) in [6, 6.07) is 12.7. The van der Waals surface area contributed by atoms with Gasteiger partial charge in [0.1, 0.15) is 17.0 Å². The van der Waals surface area contributed by atoms with E-state index in [-0.39, 0.29) is 0 Å². The van der Waals surface area contributed by atoms with Crippen molar-refractivity contribution in [1.29, 1.82) is 0 Å². The number of anilines is 1. The van der Waals surface area contributed by atoms with E-state index >= 15 is 0 Å². The molecule has 0 fully saturated rings. The minimum Gasteiger partial charge on any atom is -0.368 e. The first-order chi connectivity index (χ1) is 11.3. The van der Waals surface area contributed by atoms with Crippen LogP contribution in [-0.2, 0) is 13.0 Å². The Balaban J connectivity index is 1.57. The summed E-state index contributed by atoms with van der Waals surface area (Å²) in [4.78, 5) is 13.5. The molecule has 1 N–H and O–H groups in total. The molecule has 0 bridgehead atoms. The number of nitrogens with one attached hydrogen (secondary N) is 1. The summed E-state index contributed by atoms with van der Waals surface area (Å²) in [7, 11) is 2.14. The molecule has 2 heterocycles. The summed E-state index contributed by atoms with van der Waals surface area (Å²) in [6.45, 7) is 4.96. The van der Waals surface area contributed by atoms with E-state index in [0.717, 1.165) is 42.1 Å². The number of aryl methyl sites for hydroxylation is 1. The molecule has 1 aromatic carbocycles. The Morgan fingerprint density at radius 1 is 1.17 bits per heavy atom. The van der Waals surface area contributed by atoms with Gasteiger partial charge in [0.05, 0.1) is 5.39 Å². The van der Waals surface area contributed by atoms with Gasteiger partial charge in [-0.05, 0) is 25.1 Å². The van der Waals surface area contributed by atoms with Gasteiger partial charge in [-0.25, -0.2) is 9.97 Å². The monoisotopic (exact) mass is 326 g/mol. The molecule has 0 aliphatic heterocycles. The Morgan fingerprint density at radius 2 is 2.00 bits per heavy atom. The van der Waals surface area contributed by atoms with Gasteiger partial charge < -0.3 is 10.2 Å². The zero-order chi connectivity index (χ0) is 16.1. The maximum absolute atomic E-state index is 4.40.